The number of esters is 1. The van der Waals surface area contributed by atoms with Crippen molar-refractivity contribution in [2.45, 2.75) is 65.1 Å². The van der Waals surface area contributed by atoms with Crippen molar-refractivity contribution < 1.29 is 27.8 Å². The predicted octanol–water partition coefficient (Wildman–Crippen LogP) is 6.52. The first-order valence-corrected chi connectivity index (χ1v) is 13.9. The lowest BCUT2D eigenvalue weighted by Crippen LogP contribution is -2.59. The van der Waals surface area contributed by atoms with Gasteiger partial charge in [-0.3, -0.25) is 4.90 Å². The largest absolute Gasteiger partial charge is 0.457 e. The van der Waals surface area contributed by atoms with Gasteiger partial charge in [-0.25, -0.2) is 9.48 Å². The lowest BCUT2D eigenvalue weighted by atomic mass is 10.00. The number of halogens is 3. The van der Waals surface area contributed by atoms with E-state index in [9.17, 15) is 23.1 Å². The third kappa shape index (κ3) is 6.94. The van der Waals surface area contributed by atoms with Crippen LogP contribution in [0.1, 0.15) is 49.2 Å². The molecule has 0 radical (unpaired) electrons. The number of carbonyl (C=O) groups excluding carboxylic acids is 1. The highest BCUT2D eigenvalue weighted by Gasteiger charge is 2.54. The standard InChI is InChI=1S/C32H37F3N4O3/c1-21(2)38(22(3)4)20-31(41,32(33,34)35)19-36-28-14-23(5)15-29-27(28)17-37-39(29)26-13-9-12-25(16-26)30(40)42-18-24-10-7-6-8-11-24/h6-17,21-22,36,41H,18-20H2,1-5H3. The van der Waals surface area contributed by atoms with Gasteiger partial charge in [-0.2, -0.15) is 18.3 Å². The van der Waals surface area contributed by atoms with Gasteiger partial charge in [0.1, 0.15) is 6.61 Å². The van der Waals surface area contributed by atoms with Crippen molar-refractivity contribution in [2.24, 2.45) is 0 Å². The van der Waals surface area contributed by atoms with Crippen LogP contribution in [0.2, 0.25) is 0 Å². The fourth-order valence-electron chi connectivity index (χ4n) is 4.94. The molecule has 0 amide bonds. The van der Waals surface area contributed by atoms with E-state index in [0.29, 0.717) is 27.8 Å². The Kier molecular flexibility index (Phi) is 9.27. The topological polar surface area (TPSA) is 79.6 Å². The van der Waals surface area contributed by atoms with Crippen LogP contribution in [0.25, 0.3) is 16.6 Å². The number of hydrogen-bond donors (Lipinski definition) is 2. The van der Waals surface area contributed by atoms with Gasteiger partial charge in [0.05, 0.1) is 29.5 Å². The molecule has 0 saturated heterocycles. The molecule has 7 nitrogen and oxygen atoms in total. The number of carbonyl (C=O) groups is 1. The minimum absolute atomic E-state index is 0.138. The summed E-state index contributed by atoms with van der Waals surface area (Å²) in [6.07, 6.45) is -3.30. The van der Waals surface area contributed by atoms with E-state index in [1.807, 2.05) is 43.3 Å². The summed E-state index contributed by atoms with van der Waals surface area (Å²) in [6.45, 7) is 7.88. The zero-order valence-corrected chi connectivity index (χ0v) is 24.4. The molecule has 10 heteroatoms. The Morgan fingerprint density at radius 2 is 1.71 bits per heavy atom. The number of aromatic nitrogens is 2. The minimum atomic E-state index is -4.86. The first kappa shape index (κ1) is 31.1. The van der Waals surface area contributed by atoms with Crippen molar-refractivity contribution >= 4 is 22.6 Å². The van der Waals surface area contributed by atoms with Crippen LogP contribution in [0.3, 0.4) is 0 Å². The molecule has 4 aromatic rings. The van der Waals surface area contributed by atoms with Gasteiger partial charge in [-0.05, 0) is 76.1 Å². The number of alkyl halides is 3. The van der Waals surface area contributed by atoms with Crippen molar-refractivity contribution in [3.05, 3.63) is 89.6 Å². The molecule has 224 valence electrons. The maximum atomic E-state index is 14.2. The van der Waals surface area contributed by atoms with E-state index in [1.165, 1.54) is 0 Å². The molecular weight excluding hydrogens is 545 g/mol. The Bertz CT molecular complexity index is 1510. The summed E-state index contributed by atoms with van der Waals surface area (Å²) in [6, 6.07) is 19.4. The molecule has 0 aliphatic carbocycles. The molecule has 0 fully saturated rings. The van der Waals surface area contributed by atoms with E-state index in [1.54, 1.807) is 73.8 Å². The lowest BCUT2D eigenvalue weighted by molar-refractivity contribution is -0.261. The van der Waals surface area contributed by atoms with Crippen molar-refractivity contribution in [3.8, 4) is 5.69 Å². The molecule has 4 rings (SSSR count). The number of ether oxygens (including phenoxy) is 1. The zero-order chi connectivity index (χ0) is 30.7. The molecule has 1 heterocycles. The summed E-state index contributed by atoms with van der Waals surface area (Å²) in [5, 5.41) is 18.8. The normalized spacial score (nSPS) is 13.6. The molecule has 42 heavy (non-hydrogen) atoms. The summed E-state index contributed by atoms with van der Waals surface area (Å²) in [4.78, 5) is 14.4. The van der Waals surface area contributed by atoms with Gasteiger partial charge in [0.25, 0.3) is 0 Å². The van der Waals surface area contributed by atoms with Gasteiger partial charge in [0, 0.05) is 29.7 Å². The van der Waals surface area contributed by atoms with Gasteiger partial charge in [-0.1, -0.05) is 36.4 Å². The monoisotopic (exact) mass is 582 g/mol. The molecule has 0 saturated carbocycles. The van der Waals surface area contributed by atoms with E-state index in [-0.39, 0.29) is 18.7 Å². The van der Waals surface area contributed by atoms with Crippen LogP contribution >= 0.6 is 0 Å². The molecule has 2 N–H and O–H groups in total. The third-order valence-electron chi connectivity index (χ3n) is 7.24. The fraction of sp³-hybridized carbons (Fsp3) is 0.375. The highest BCUT2D eigenvalue weighted by Crippen LogP contribution is 2.34. The summed E-state index contributed by atoms with van der Waals surface area (Å²) in [5.41, 5.74) is 0.648. The number of aliphatic hydroxyl groups is 1. The number of rotatable bonds is 11. The van der Waals surface area contributed by atoms with Gasteiger partial charge >= 0.3 is 12.1 Å². The number of nitrogens with one attached hydrogen (secondary N) is 1. The summed E-state index contributed by atoms with van der Waals surface area (Å²) in [5.74, 6) is -0.487. The van der Waals surface area contributed by atoms with Crippen LogP contribution in [0.15, 0.2) is 72.9 Å². The Morgan fingerprint density at radius 1 is 1.02 bits per heavy atom. The number of fused-ring (bicyclic) bond motifs is 1. The Balaban J connectivity index is 1.60. The van der Waals surface area contributed by atoms with E-state index in [2.05, 4.69) is 10.4 Å². The number of aryl methyl sites for hydroxylation is 1. The Labute approximate surface area is 243 Å². The van der Waals surface area contributed by atoms with E-state index in [4.69, 9.17) is 4.74 Å². The van der Waals surface area contributed by atoms with E-state index in [0.717, 1.165) is 11.1 Å². The molecule has 0 aliphatic rings. The molecule has 0 aliphatic heterocycles. The third-order valence-corrected chi connectivity index (χ3v) is 7.24. The molecule has 3 aromatic carbocycles. The molecule has 1 aromatic heterocycles. The highest BCUT2D eigenvalue weighted by molar-refractivity contribution is 5.94. The van der Waals surface area contributed by atoms with Gasteiger partial charge in [-0.15, -0.1) is 0 Å². The van der Waals surface area contributed by atoms with Gasteiger partial charge < -0.3 is 15.2 Å². The minimum Gasteiger partial charge on any atom is -0.457 e. The van der Waals surface area contributed by atoms with Crippen molar-refractivity contribution in [2.75, 3.05) is 18.4 Å². The summed E-state index contributed by atoms with van der Waals surface area (Å²) < 4.78 is 49.7. The smallest absolute Gasteiger partial charge is 0.420 e. The maximum Gasteiger partial charge on any atom is 0.420 e. The van der Waals surface area contributed by atoms with Crippen molar-refractivity contribution in [1.82, 2.24) is 14.7 Å². The average Bonchev–Trinajstić information content (AvgIpc) is 3.37. The van der Waals surface area contributed by atoms with Crippen LogP contribution in [-0.2, 0) is 11.3 Å². The molecule has 1 unspecified atom stereocenters. The SMILES string of the molecule is Cc1cc(NCC(O)(CN(C(C)C)C(C)C)C(F)(F)F)c2cnn(-c3cccc(C(=O)OCc4ccccc4)c3)c2c1. The van der Waals surface area contributed by atoms with Crippen LogP contribution in [0.4, 0.5) is 18.9 Å². The average molecular weight is 583 g/mol. The Morgan fingerprint density at radius 3 is 2.36 bits per heavy atom. The number of nitrogens with zero attached hydrogens (tertiary/aromatic N) is 3. The number of hydrogen-bond acceptors (Lipinski definition) is 6. The van der Waals surface area contributed by atoms with Crippen LogP contribution in [0, 0.1) is 6.92 Å². The molecule has 1 atom stereocenters. The van der Waals surface area contributed by atoms with Crippen molar-refractivity contribution in [3.63, 3.8) is 0 Å². The second kappa shape index (κ2) is 12.5. The lowest BCUT2D eigenvalue weighted by Gasteiger charge is -2.39. The molecule has 0 spiro atoms. The van der Waals surface area contributed by atoms with Crippen LogP contribution in [0.5, 0.6) is 0 Å². The number of anilines is 1. The highest BCUT2D eigenvalue weighted by atomic mass is 19.4. The van der Waals surface area contributed by atoms with E-state index < -0.39 is 30.8 Å². The molecular formula is C32H37F3N4O3. The van der Waals surface area contributed by atoms with Crippen LogP contribution < -0.4 is 5.32 Å². The van der Waals surface area contributed by atoms with Crippen LogP contribution in [-0.4, -0.2) is 62.7 Å². The summed E-state index contributed by atoms with van der Waals surface area (Å²) >= 11 is 0. The first-order valence-electron chi connectivity index (χ1n) is 13.9. The van der Waals surface area contributed by atoms with Gasteiger partial charge in [0.2, 0.25) is 0 Å². The second-order valence-corrected chi connectivity index (χ2v) is 11.2. The van der Waals surface area contributed by atoms with E-state index >= 15 is 0 Å². The maximum absolute atomic E-state index is 14.2. The first-order chi connectivity index (χ1) is 19.8. The second-order valence-electron chi connectivity index (χ2n) is 11.2. The summed E-state index contributed by atoms with van der Waals surface area (Å²) in [7, 11) is 0. The number of benzene rings is 3. The Hall–Kier alpha value is -3.89. The zero-order valence-electron chi connectivity index (χ0n) is 24.4. The fourth-order valence-corrected chi connectivity index (χ4v) is 4.94. The molecule has 0 bridgehead atoms. The quantitative estimate of drug-likeness (QED) is 0.196. The van der Waals surface area contributed by atoms with Crippen molar-refractivity contribution in [1.29, 1.82) is 0 Å². The predicted molar refractivity (Wildman–Crippen MR) is 158 cm³/mol. The van der Waals surface area contributed by atoms with Gasteiger partial charge in [0.15, 0.2) is 5.60 Å².